The number of benzene rings is 1. The number of carboxylic acids is 1. The van der Waals surface area contributed by atoms with Crippen LogP contribution in [-0.2, 0) is 11.3 Å². The predicted molar refractivity (Wildman–Crippen MR) is 89.7 cm³/mol. The molecule has 22 heavy (non-hydrogen) atoms. The standard InChI is InChI=1S/C17H23BrN2O2/c18-16-4-2-1-3-13(16)9-19-14-7-15(8-14)20(11-17(21)22)10-12-5-6-12/h1-4,12,14-15,19H,5-11H2,(H,21,22). The summed E-state index contributed by atoms with van der Waals surface area (Å²) < 4.78 is 1.14. The third-order valence-corrected chi connectivity index (χ3v) is 5.47. The van der Waals surface area contributed by atoms with E-state index in [0.29, 0.717) is 12.1 Å². The fourth-order valence-electron chi connectivity index (χ4n) is 3.10. The number of carbonyl (C=O) groups is 1. The van der Waals surface area contributed by atoms with Crippen LogP contribution in [0.5, 0.6) is 0 Å². The molecule has 3 rings (SSSR count). The van der Waals surface area contributed by atoms with Gasteiger partial charge in [-0.2, -0.15) is 0 Å². The molecule has 4 nitrogen and oxygen atoms in total. The van der Waals surface area contributed by atoms with E-state index in [1.54, 1.807) is 0 Å². The van der Waals surface area contributed by atoms with E-state index in [9.17, 15) is 4.79 Å². The van der Waals surface area contributed by atoms with Crippen molar-refractivity contribution in [2.75, 3.05) is 13.1 Å². The number of aliphatic carboxylic acids is 1. The number of hydrogen-bond donors (Lipinski definition) is 2. The highest BCUT2D eigenvalue weighted by Crippen LogP contribution is 2.33. The smallest absolute Gasteiger partial charge is 0.317 e. The van der Waals surface area contributed by atoms with Crippen LogP contribution in [0.4, 0.5) is 0 Å². The SMILES string of the molecule is O=C(O)CN(CC1CC1)C1CC(NCc2ccccc2Br)C1. The summed E-state index contributed by atoms with van der Waals surface area (Å²) in [5, 5.41) is 12.7. The summed E-state index contributed by atoms with van der Waals surface area (Å²) in [5.41, 5.74) is 1.27. The monoisotopic (exact) mass is 366 g/mol. The second kappa shape index (κ2) is 7.11. The number of nitrogens with zero attached hydrogens (tertiary/aromatic N) is 1. The highest BCUT2D eigenvalue weighted by molar-refractivity contribution is 9.10. The minimum absolute atomic E-state index is 0.193. The molecule has 2 aliphatic carbocycles. The molecule has 1 aromatic rings. The van der Waals surface area contributed by atoms with Gasteiger partial charge in [-0.15, -0.1) is 0 Å². The summed E-state index contributed by atoms with van der Waals surface area (Å²) in [4.78, 5) is 13.2. The fraction of sp³-hybridized carbons (Fsp3) is 0.588. The average Bonchev–Trinajstić information content (AvgIpc) is 3.22. The van der Waals surface area contributed by atoms with Crippen molar-refractivity contribution in [1.29, 1.82) is 0 Å². The molecule has 2 saturated carbocycles. The van der Waals surface area contributed by atoms with Gasteiger partial charge in [-0.05, 0) is 43.2 Å². The van der Waals surface area contributed by atoms with Crippen LogP contribution in [0.2, 0.25) is 0 Å². The van der Waals surface area contributed by atoms with E-state index in [-0.39, 0.29) is 6.54 Å². The Morgan fingerprint density at radius 2 is 2.05 bits per heavy atom. The molecule has 0 bridgehead atoms. The zero-order chi connectivity index (χ0) is 15.5. The summed E-state index contributed by atoms with van der Waals surface area (Å²) in [5.74, 6) is 0.0388. The van der Waals surface area contributed by atoms with Crippen LogP contribution in [0, 0.1) is 5.92 Å². The second-order valence-corrected chi connectivity index (χ2v) is 7.42. The molecule has 0 spiro atoms. The lowest BCUT2D eigenvalue weighted by molar-refractivity contribution is -0.139. The van der Waals surface area contributed by atoms with Crippen molar-refractivity contribution >= 4 is 21.9 Å². The van der Waals surface area contributed by atoms with E-state index in [1.807, 2.05) is 6.07 Å². The van der Waals surface area contributed by atoms with Gasteiger partial charge in [0.15, 0.2) is 0 Å². The Morgan fingerprint density at radius 3 is 2.68 bits per heavy atom. The summed E-state index contributed by atoms with van der Waals surface area (Å²) in [6.07, 6.45) is 4.66. The molecular formula is C17H23BrN2O2. The van der Waals surface area contributed by atoms with Gasteiger partial charge in [-0.25, -0.2) is 0 Å². The summed E-state index contributed by atoms with van der Waals surface area (Å²) in [6, 6.07) is 9.20. The van der Waals surface area contributed by atoms with E-state index in [1.165, 1.54) is 18.4 Å². The van der Waals surface area contributed by atoms with Crippen molar-refractivity contribution in [3.8, 4) is 0 Å². The van der Waals surface area contributed by atoms with Crippen LogP contribution >= 0.6 is 15.9 Å². The maximum Gasteiger partial charge on any atom is 0.317 e. The molecule has 0 aliphatic heterocycles. The van der Waals surface area contributed by atoms with Gasteiger partial charge in [0.1, 0.15) is 0 Å². The quantitative estimate of drug-likeness (QED) is 0.742. The third kappa shape index (κ3) is 4.31. The van der Waals surface area contributed by atoms with Crippen LogP contribution in [0.15, 0.2) is 28.7 Å². The second-order valence-electron chi connectivity index (χ2n) is 6.56. The number of carboxylic acid groups (broad SMARTS) is 1. The van der Waals surface area contributed by atoms with Crippen LogP contribution in [0.3, 0.4) is 0 Å². The Balaban J connectivity index is 1.44. The summed E-state index contributed by atoms with van der Waals surface area (Å²) in [7, 11) is 0. The van der Waals surface area contributed by atoms with Gasteiger partial charge in [0, 0.05) is 29.6 Å². The van der Waals surface area contributed by atoms with Crippen molar-refractivity contribution in [1.82, 2.24) is 10.2 Å². The Kier molecular flexibility index (Phi) is 5.16. The van der Waals surface area contributed by atoms with Gasteiger partial charge in [-0.1, -0.05) is 34.1 Å². The van der Waals surface area contributed by atoms with Crippen LogP contribution in [0.1, 0.15) is 31.2 Å². The first kappa shape index (κ1) is 16.0. The Labute approximate surface area is 140 Å². The molecule has 2 fully saturated rings. The topological polar surface area (TPSA) is 52.6 Å². The third-order valence-electron chi connectivity index (χ3n) is 4.70. The zero-order valence-electron chi connectivity index (χ0n) is 12.7. The molecule has 0 aromatic heterocycles. The first-order valence-corrected chi connectivity index (χ1v) is 8.83. The van der Waals surface area contributed by atoms with E-state index in [0.717, 1.165) is 36.3 Å². The molecule has 0 saturated heterocycles. The molecule has 1 aromatic carbocycles. The number of rotatable bonds is 8. The summed E-state index contributed by atoms with van der Waals surface area (Å²) in [6.45, 7) is 2.02. The van der Waals surface area contributed by atoms with Crippen LogP contribution in [0.25, 0.3) is 0 Å². The molecule has 0 unspecified atom stereocenters. The minimum atomic E-state index is -0.703. The minimum Gasteiger partial charge on any atom is -0.480 e. The molecule has 120 valence electrons. The van der Waals surface area contributed by atoms with Gasteiger partial charge < -0.3 is 10.4 Å². The summed E-state index contributed by atoms with van der Waals surface area (Å²) >= 11 is 3.57. The molecule has 2 aliphatic rings. The Morgan fingerprint density at radius 1 is 1.32 bits per heavy atom. The maximum absolute atomic E-state index is 11.0. The van der Waals surface area contributed by atoms with E-state index >= 15 is 0 Å². The fourth-order valence-corrected chi connectivity index (χ4v) is 3.52. The van der Waals surface area contributed by atoms with Crippen LogP contribution in [-0.4, -0.2) is 41.1 Å². The van der Waals surface area contributed by atoms with Crippen molar-refractivity contribution in [2.45, 2.75) is 44.3 Å². The van der Waals surface area contributed by atoms with Gasteiger partial charge in [-0.3, -0.25) is 9.69 Å². The Hall–Kier alpha value is -0.910. The predicted octanol–water partition coefficient (Wildman–Crippen LogP) is 2.87. The number of hydrogen-bond acceptors (Lipinski definition) is 3. The van der Waals surface area contributed by atoms with Gasteiger partial charge in [0.2, 0.25) is 0 Å². The molecule has 5 heteroatoms. The molecular weight excluding hydrogens is 344 g/mol. The average molecular weight is 367 g/mol. The molecule has 2 N–H and O–H groups in total. The van der Waals surface area contributed by atoms with Crippen molar-refractivity contribution in [2.24, 2.45) is 5.92 Å². The van der Waals surface area contributed by atoms with Gasteiger partial charge in [0.25, 0.3) is 0 Å². The lowest BCUT2D eigenvalue weighted by atomic mass is 9.85. The highest BCUT2D eigenvalue weighted by atomic mass is 79.9. The number of halogens is 1. The first-order chi connectivity index (χ1) is 10.6. The van der Waals surface area contributed by atoms with Crippen molar-refractivity contribution < 1.29 is 9.90 Å². The van der Waals surface area contributed by atoms with Gasteiger partial charge in [0.05, 0.1) is 6.54 Å². The lowest BCUT2D eigenvalue weighted by Crippen LogP contribution is -2.54. The van der Waals surface area contributed by atoms with E-state index in [2.05, 4.69) is 44.3 Å². The molecule has 0 heterocycles. The van der Waals surface area contributed by atoms with Gasteiger partial charge >= 0.3 is 5.97 Å². The first-order valence-electron chi connectivity index (χ1n) is 8.04. The molecule has 0 radical (unpaired) electrons. The van der Waals surface area contributed by atoms with E-state index in [4.69, 9.17) is 5.11 Å². The van der Waals surface area contributed by atoms with Crippen molar-refractivity contribution in [3.63, 3.8) is 0 Å². The largest absolute Gasteiger partial charge is 0.480 e. The maximum atomic E-state index is 11.0. The Bertz CT molecular complexity index is 527. The lowest BCUT2D eigenvalue weighted by Gasteiger charge is -2.43. The van der Waals surface area contributed by atoms with Crippen molar-refractivity contribution in [3.05, 3.63) is 34.3 Å². The highest BCUT2D eigenvalue weighted by Gasteiger charge is 2.36. The van der Waals surface area contributed by atoms with Crippen LogP contribution < -0.4 is 5.32 Å². The molecule has 0 amide bonds. The normalized spacial score (nSPS) is 24.3. The van der Waals surface area contributed by atoms with E-state index < -0.39 is 5.97 Å². The zero-order valence-corrected chi connectivity index (χ0v) is 14.3. The molecule has 0 atom stereocenters. The number of nitrogens with one attached hydrogen (secondary N) is 1.